The quantitative estimate of drug-likeness (QED) is 0.792. The molecule has 4 heteroatoms. The van der Waals surface area contributed by atoms with Crippen molar-refractivity contribution >= 4 is 5.95 Å². The van der Waals surface area contributed by atoms with E-state index in [1.165, 1.54) is 5.56 Å². The Morgan fingerprint density at radius 2 is 1.58 bits per heavy atom. The first-order valence-electron chi connectivity index (χ1n) is 6.46. The Morgan fingerprint density at radius 3 is 2.21 bits per heavy atom. The lowest BCUT2D eigenvalue weighted by Crippen LogP contribution is -2.32. The van der Waals surface area contributed by atoms with Gasteiger partial charge in [0, 0.05) is 32.0 Å². The van der Waals surface area contributed by atoms with E-state index in [9.17, 15) is 0 Å². The second kappa shape index (κ2) is 6.85. The van der Waals surface area contributed by atoms with Crippen molar-refractivity contribution in [1.82, 2.24) is 14.9 Å². The lowest BCUT2D eigenvalue weighted by Gasteiger charge is -2.24. The molecule has 0 aliphatic rings. The highest BCUT2D eigenvalue weighted by Gasteiger charge is 2.09. The Balaban J connectivity index is 2.10. The van der Waals surface area contributed by atoms with Crippen LogP contribution < -0.4 is 4.90 Å². The highest BCUT2D eigenvalue weighted by molar-refractivity contribution is 5.31. The van der Waals surface area contributed by atoms with Gasteiger partial charge in [-0.25, -0.2) is 9.97 Å². The van der Waals surface area contributed by atoms with Gasteiger partial charge < -0.3 is 9.80 Å². The average Bonchev–Trinajstić information content (AvgIpc) is 2.45. The summed E-state index contributed by atoms with van der Waals surface area (Å²) in [6.07, 6.45) is 3.58. The largest absolute Gasteiger partial charge is 0.335 e. The van der Waals surface area contributed by atoms with E-state index in [1.807, 2.05) is 12.1 Å². The number of rotatable bonds is 6. The summed E-state index contributed by atoms with van der Waals surface area (Å²) in [6, 6.07) is 12.3. The van der Waals surface area contributed by atoms with Crippen molar-refractivity contribution in [1.29, 1.82) is 0 Å². The molecule has 2 rings (SSSR count). The summed E-state index contributed by atoms with van der Waals surface area (Å²) in [7, 11) is 4.15. The summed E-state index contributed by atoms with van der Waals surface area (Å²) < 4.78 is 0. The maximum atomic E-state index is 4.35. The molecule has 100 valence electrons. The number of nitrogens with zero attached hydrogens (tertiary/aromatic N) is 4. The standard InChI is InChI=1S/C15H20N4/c1-18(2)11-12-19(15-16-9-6-10-17-15)13-14-7-4-3-5-8-14/h3-10H,11-13H2,1-2H3. The first kappa shape index (κ1) is 13.5. The maximum absolute atomic E-state index is 4.35. The predicted molar refractivity (Wildman–Crippen MR) is 78.1 cm³/mol. The smallest absolute Gasteiger partial charge is 0.225 e. The van der Waals surface area contributed by atoms with Crippen LogP contribution in [0.25, 0.3) is 0 Å². The molecule has 0 atom stereocenters. The molecule has 1 aromatic heterocycles. The van der Waals surface area contributed by atoms with Gasteiger partial charge in [0.15, 0.2) is 0 Å². The minimum atomic E-state index is 0.785. The van der Waals surface area contributed by atoms with Crippen LogP contribution in [0, 0.1) is 0 Å². The third-order valence-corrected chi connectivity index (χ3v) is 2.87. The van der Waals surface area contributed by atoms with Gasteiger partial charge in [-0.3, -0.25) is 0 Å². The molecule has 1 heterocycles. The number of hydrogen-bond donors (Lipinski definition) is 0. The Morgan fingerprint density at radius 1 is 0.895 bits per heavy atom. The second-order valence-corrected chi connectivity index (χ2v) is 4.76. The van der Waals surface area contributed by atoms with Crippen molar-refractivity contribution in [2.24, 2.45) is 0 Å². The molecule has 1 aromatic carbocycles. The van der Waals surface area contributed by atoms with Crippen molar-refractivity contribution < 1.29 is 0 Å². The number of anilines is 1. The summed E-state index contributed by atoms with van der Waals surface area (Å²) in [5.74, 6) is 0.785. The molecule has 0 aliphatic carbocycles. The fraction of sp³-hybridized carbons (Fsp3) is 0.333. The van der Waals surface area contributed by atoms with Crippen molar-refractivity contribution in [2.45, 2.75) is 6.54 Å². The summed E-state index contributed by atoms with van der Waals surface area (Å²) in [4.78, 5) is 13.1. The normalized spacial score (nSPS) is 10.7. The maximum Gasteiger partial charge on any atom is 0.225 e. The molecule has 0 saturated carbocycles. The first-order valence-corrected chi connectivity index (χ1v) is 6.46. The monoisotopic (exact) mass is 256 g/mol. The zero-order chi connectivity index (χ0) is 13.5. The van der Waals surface area contributed by atoms with Crippen LogP contribution in [0.15, 0.2) is 48.8 Å². The molecule has 0 saturated heterocycles. The van der Waals surface area contributed by atoms with Gasteiger partial charge >= 0.3 is 0 Å². The topological polar surface area (TPSA) is 32.3 Å². The second-order valence-electron chi connectivity index (χ2n) is 4.76. The van der Waals surface area contributed by atoms with E-state index >= 15 is 0 Å². The highest BCUT2D eigenvalue weighted by atomic mass is 15.3. The molecule has 2 aromatic rings. The molecule has 0 fully saturated rings. The van der Waals surface area contributed by atoms with E-state index in [0.29, 0.717) is 0 Å². The molecule has 19 heavy (non-hydrogen) atoms. The van der Waals surface area contributed by atoms with Crippen molar-refractivity contribution in [2.75, 3.05) is 32.1 Å². The third kappa shape index (κ3) is 4.34. The fourth-order valence-corrected chi connectivity index (χ4v) is 1.83. The van der Waals surface area contributed by atoms with Crippen LogP contribution in [0.2, 0.25) is 0 Å². The summed E-state index contributed by atoms with van der Waals surface area (Å²) in [6.45, 7) is 2.72. The van der Waals surface area contributed by atoms with Gasteiger partial charge in [0.25, 0.3) is 0 Å². The van der Waals surface area contributed by atoms with Gasteiger partial charge in [0.2, 0.25) is 5.95 Å². The number of likely N-dealkylation sites (N-methyl/N-ethyl adjacent to an activating group) is 1. The SMILES string of the molecule is CN(C)CCN(Cc1ccccc1)c1ncccn1. The first-order chi connectivity index (χ1) is 9.25. The predicted octanol–water partition coefficient (Wildman–Crippen LogP) is 2.04. The lowest BCUT2D eigenvalue weighted by atomic mass is 10.2. The van der Waals surface area contributed by atoms with Gasteiger partial charge in [0.05, 0.1) is 0 Å². The minimum Gasteiger partial charge on any atom is -0.335 e. The van der Waals surface area contributed by atoms with Crippen LogP contribution in [0.5, 0.6) is 0 Å². The van der Waals surface area contributed by atoms with Crippen LogP contribution >= 0.6 is 0 Å². The number of benzene rings is 1. The van der Waals surface area contributed by atoms with E-state index < -0.39 is 0 Å². The Bertz CT molecular complexity index is 470. The summed E-state index contributed by atoms with van der Waals surface area (Å²) in [5.41, 5.74) is 1.27. The molecule has 0 unspecified atom stereocenters. The Labute approximate surface area is 114 Å². The van der Waals surface area contributed by atoms with Gasteiger partial charge in [-0.15, -0.1) is 0 Å². The van der Waals surface area contributed by atoms with Gasteiger partial charge in [-0.05, 0) is 25.7 Å². The van der Waals surface area contributed by atoms with Crippen LogP contribution in [-0.2, 0) is 6.54 Å². The lowest BCUT2D eigenvalue weighted by molar-refractivity contribution is 0.411. The number of hydrogen-bond acceptors (Lipinski definition) is 4. The average molecular weight is 256 g/mol. The van der Waals surface area contributed by atoms with Gasteiger partial charge in [0.1, 0.15) is 0 Å². The van der Waals surface area contributed by atoms with Crippen LogP contribution in [0.4, 0.5) is 5.95 Å². The zero-order valence-corrected chi connectivity index (χ0v) is 11.5. The Hall–Kier alpha value is -1.94. The minimum absolute atomic E-state index is 0.785. The van der Waals surface area contributed by atoms with Crippen molar-refractivity contribution in [3.63, 3.8) is 0 Å². The molecular weight excluding hydrogens is 236 g/mol. The third-order valence-electron chi connectivity index (χ3n) is 2.87. The van der Waals surface area contributed by atoms with Crippen molar-refractivity contribution in [3.8, 4) is 0 Å². The van der Waals surface area contributed by atoms with Crippen molar-refractivity contribution in [3.05, 3.63) is 54.4 Å². The molecule has 0 N–H and O–H groups in total. The molecule has 0 aliphatic heterocycles. The molecule has 0 spiro atoms. The van der Waals surface area contributed by atoms with Crippen LogP contribution in [0.1, 0.15) is 5.56 Å². The van der Waals surface area contributed by atoms with Gasteiger partial charge in [-0.2, -0.15) is 0 Å². The zero-order valence-electron chi connectivity index (χ0n) is 11.5. The Kier molecular flexibility index (Phi) is 4.86. The van der Waals surface area contributed by atoms with E-state index in [-0.39, 0.29) is 0 Å². The summed E-state index contributed by atoms with van der Waals surface area (Å²) in [5, 5.41) is 0. The molecule has 0 amide bonds. The fourth-order valence-electron chi connectivity index (χ4n) is 1.83. The molecule has 0 bridgehead atoms. The van der Waals surface area contributed by atoms with E-state index in [2.05, 4.69) is 58.1 Å². The molecular formula is C15H20N4. The van der Waals surface area contributed by atoms with Crippen LogP contribution in [0.3, 0.4) is 0 Å². The highest BCUT2D eigenvalue weighted by Crippen LogP contribution is 2.11. The van der Waals surface area contributed by atoms with Gasteiger partial charge in [-0.1, -0.05) is 30.3 Å². The molecule has 4 nitrogen and oxygen atoms in total. The van der Waals surface area contributed by atoms with Crippen LogP contribution in [-0.4, -0.2) is 42.1 Å². The van der Waals surface area contributed by atoms with E-state index in [1.54, 1.807) is 12.4 Å². The summed E-state index contributed by atoms with van der Waals surface area (Å²) >= 11 is 0. The van der Waals surface area contributed by atoms with E-state index in [0.717, 1.165) is 25.6 Å². The number of aromatic nitrogens is 2. The van der Waals surface area contributed by atoms with E-state index in [4.69, 9.17) is 0 Å². The molecule has 0 radical (unpaired) electrons.